The van der Waals surface area contributed by atoms with E-state index in [1.165, 1.54) is 55.5 Å². The largest absolute Gasteiger partial charge is 0.309 e. The summed E-state index contributed by atoms with van der Waals surface area (Å²) in [4.78, 5) is 2.44. The van der Waals surface area contributed by atoms with E-state index in [1.807, 2.05) is 6.21 Å². The number of hydrogen-bond donors (Lipinski definition) is 0. The first-order valence-corrected chi connectivity index (χ1v) is 16.6. The van der Waals surface area contributed by atoms with Crippen molar-refractivity contribution in [2.75, 3.05) is 4.90 Å². The second-order valence-corrected chi connectivity index (χ2v) is 13.0. The van der Waals surface area contributed by atoms with Crippen LogP contribution in [0.1, 0.15) is 38.9 Å². The number of anilines is 3. The van der Waals surface area contributed by atoms with E-state index in [-0.39, 0.29) is 0 Å². The molecular formula is C45H41N3. The summed E-state index contributed by atoms with van der Waals surface area (Å²) in [6.07, 6.45) is 1.98. The van der Waals surface area contributed by atoms with E-state index in [0.717, 1.165) is 33.8 Å². The van der Waals surface area contributed by atoms with Gasteiger partial charge in [0.1, 0.15) is 0 Å². The molecule has 236 valence electrons. The zero-order valence-electron chi connectivity index (χ0n) is 28.6. The lowest BCUT2D eigenvalue weighted by Gasteiger charge is -2.32. The van der Waals surface area contributed by atoms with E-state index in [1.54, 1.807) is 0 Å². The predicted molar refractivity (Wildman–Crippen MR) is 205 cm³/mol. The lowest BCUT2D eigenvalue weighted by molar-refractivity contribution is 0.917. The Morgan fingerprint density at radius 1 is 0.479 bits per heavy atom. The fourth-order valence-corrected chi connectivity index (χ4v) is 7.35. The molecule has 1 heterocycles. The maximum absolute atomic E-state index is 5.21. The van der Waals surface area contributed by atoms with Gasteiger partial charge in [0.25, 0.3) is 0 Å². The fourth-order valence-electron chi connectivity index (χ4n) is 7.35. The third-order valence-corrected chi connectivity index (χ3v) is 9.15. The SMILES string of the molecule is Cc1cc(C)c(N(c2ccc(C=Nn3c(-c4ccccc4)c4ccccc4c3-c3ccccc3)cc2)c2c(C)cc(C)cc2C)c(C)c1. The molecule has 0 aliphatic rings. The smallest absolute Gasteiger partial charge is 0.0804 e. The maximum Gasteiger partial charge on any atom is 0.0804 e. The van der Waals surface area contributed by atoms with E-state index >= 15 is 0 Å². The van der Waals surface area contributed by atoms with Crippen LogP contribution in [0.25, 0.3) is 33.3 Å². The molecule has 0 unspecified atom stereocenters. The summed E-state index contributed by atoms with van der Waals surface area (Å²) in [7, 11) is 0. The summed E-state index contributed by atoms with van der Waals surface area (Å²) < 4.78 is 2.12. The molecule has 0 saturated heterocycles. The highest BCUT2D eigenvalue weighted by Gasteiger charge is 2.22. The van der Waals surface area contributed by atoms with Crippen molar-refractivity contribution in [2.24, 2.45) is 5.10 Å². The van der Waals surface area contributed by atoms with Gasteiger partial charge in [-0.2, -0.15) is 5.10 Å². The molecule has 3 nitrogen and oxygen atoms in total. The van der Waals surface area contributed by atoms with Gasteiger partial charge in [0.05, 0.1) is 29.0 Å². The Balaban J connectivity index is 1.36. The van der Waals surface area contributed by atoms with Crippen LogP contribution in [-0.4, -0.2) is 10.9 Å². The Morgan fingerprint density at radius 3 is 1.29 bits per heavy atom. The first kappa shape index (κ1) is 31.0. The van der Waals surface area contributed by atoms with Crippen molar-refractivity contribution in [3.63, 3.8) is 0 Å². The molecule has 0 bridgehead atoms. The number of hydrogen-bond acceptors (Lipinski definition) is 2. The molecule has 0 radical (unpaired) electrons. The molecule has 0 aliphatic heterocycles. The molecule has 48 heavy (non-hydrogen) atoms. The fraction of sp³-hybridized carbons (Fsp3) is 0.133. The van der Waals surface area contributed by atoms with Crippen LogP contribution in [0.4, 0.5) is 17.1 Å². The third kappa shape index (κ3) is 5.73. The maximum atomic E-state index is 5.21. The number of rotatable bonds is 7. The highest BCUT2D eigenvalue weighted by atomic mass is 15.4. The van der Waals surface area contributed by atoms with Crippen molar-refractivity contribution < 1.29 is 0 Å². The first-order chi connectivity index (χ1) is 23.3. The number of aromatic nitrogens is 1. The normalized spacial score (nSPS) is 11.5. The van der Waals surface area contributed by atoms with Gasteiger partial charge in [-0.15, -0.1) is 0 Å². The summed E-state index contributed by atoms with van der Waals surface area (Å²) in [5.41, 5.74) is 16.7. The zero-order valence-corrected chi connectivity index (χ0v) is 28.6. The lowest BCUT2D eigenvalue weighted by atomic mass is 9.98. The van der Waals surface area contributed by atoms with Crippen molar-refractivity contribution in [1.82, 2.24) is 4.68 Å². The Bertz CT molecular complexity index is 2090. The van der Waals surface area contributed by atoms with Crippen molar-refractivity contribution in [2.45, 2.75) is 41.5 Å². The molecule has 0 spiro atoms. The average molecular weight is 624 g/mol. The summed E-state index contributed by atoms with van der Waals surface area (Å²) in [6, 6.07) is 47.7. The predicted octanol–water partition coefficient (Wildman–Crippen LogP) is 12.2. The number of nitrogens with zero attached hydrogens (tertiary/aromatic N) is 3. The average Bonchev–Trinajstić information content (AvgIpc) is 3.41. The highest BCUT2D eigenvalue weighted by molar-refractivity contribution is 6.05. The Labute approximate surface area is 284 Å². The summed E-state index contributed by atoms with van der Waals surface area (Å²) >= 11 is 0. The van der Waals surface area contributed by atoms with Gasteiger partial charge in [-0.1, -0.05) is 132 Å². The minimum absolute atomic E-state index is 1.03. The van der Waals surface area contributed by atoms with E-state index in [9.17, 15) is 0 Å². The molecule has 0 amide bonds. The molecule has 0 N–H and O–H groups in total. The van der Waals surface area contributed by atoms with E-state index in [4.69, 9.17) is 5.10 Å². The lowest BCUT2D eigenvalue weighted by Crippen LogP contribution is -2.16. The molecule has 7 rings (SSSR count). The molecule has 0 aliphatic carbocycles. The summed E-state index contributed by atoms with van der Waals surface area (Å²) in [5.74, 6) is 0. The van der Waals surface area contributed by atoms with Crippen molar-refractivity contribution in [3.05, 3.63) is 172 Å². The van der Waals surface area contributed by atoms with E-state index in [0.29, 0.717) is 0 Å². The Morgan fingerprint density at radius 2 is 0.875 bits per heavy atom. The standard InChI is InChI=1S/C45H41N3/c1-30-25-32(3)42(33(4)26-30)47(43-34(5)27-31(2)28-35(43)6)39-23-21-36(22-24-39)29-46-48-44(37-15-9-7-10-16-37)40-19-13-14-20-41(40)45(48)38-17-11-8-12-18-38/h7-29H,1-6H3. The van der Waals surface area contributed by atoms with Crippen LogP contribution in [0.2, 0.25) is 0 Å². The van der Waals surface area contributed by atoms with Crippen LogP contribution in [0.15, 0.2) is 139 Å². The monoisotopic (exact) mass is 623 g/mol. The second kappa shape index (κ2) is 12.8. The van der Waals surface area contributed by atoms with Crippen molar-refractivity contribution in [3.8, 4) is 22.5 Å². The van der Waals surface area contributed by atoms with Crippen LogP contribution in [0, 0.1) is 41.5 Å². The first-order valence-electron chi connectivity index (χ1n) is 16.6. The summed E-state index contributed by atoms with van der Waals surface area (Å²) in [5, 5.41) is 7.57. The van der Waals surface area contributed by atoms with Gasteiger partial charge in [0.2, 0.25) is 0 Å². The van der Waals surface area contributed by atoms with Crippen LogP contribution < -0.4 is 4.90 Å². The summed E-state index contributed by atoms with van der Waals surface area (Å²) in [6.45, 7) is 13.2. The van der Waals surface area contributed by atoms with Gasteiger partial charge < -0.3 is 4.90 Å². The highest BCUT2D eigenvalue weighted by Crippen LogP contribution is 2.43. The second-order valence-electron chi connectivity index (χ2n) is 13.0. The molecule has 6 aromatic carbocycles. The minimum atomic E-state index is 1.03. The van der Waals surface area contributed by atoms with Crippen molar-refractivity contribution in [1.29, 1.82) is 0 Å². The molecule has 0 fully saturated rings. The van der Waals surface area contributed by atoms with Crippen LogP contribution >= 0.6 is 0 Å². The number of benzene rings is 6. The van der Waals surface area contributed by atoms with Gasteiger partial charge in [0.15, 0.2) is 0 Å². The van der Waals surface area contributed by atoms with E-state index in [2.05, 4.69) is 185 Å². The van der Waals surface area contributed by atoms with E-state index < -0.39 is 0 Å². The van der Waals surface area contributed by atoms with Crippen LogP contribution in [0.5, 0.6) is 0 Å². The van der Waals surface area contributed by atoms with Gasteiger partial charge in [-0.05, 0) is 81.5 Å². The molecule has 0 saturated carbocycles. The van der Waals surface area contributed by atoms with Crippen LogP contribution in [-0.2, 0) is 0 Å². The van der Waals surface area contributed by atoms with Crippen LogP contribution in [0.3, 0.4) is 0 Å². The van der Waals surface area contributed by atoms with Gasteiger partial charge in [-0.3, -0.25) is 0 Å². The molecule has 0 atom stereocenters. The third-order valence-electron chi connectivity index (χ3n) is 9.15. The topological polar surface area (TPSA) is 20.5 Å². The zero-order chi connectivity index (χ0) is 33.4. The molecular weight excluding hydrogens is 583 g/mol. The minimum Gasteiger partial charge on any atom is -0.309 e. The molecule has 7 aromatic rings. The van der Waals surface area contributed by atoms with Crippen molar-refractivity contribution >= 4 is 34.0 Å². The Hall–Kier alpha value is -5.67. The van der Waals surface area contributed by atoms with Gasteiger partial charge in [0, 0.05) is 27.6 Å². The quantitative estimate of drug-likeness (QED) is 0.162. The Kier molecular flexibility index (Phi) is 8.29. The molecule has 3 heteroatoms. The van der Waals surface area contributed by atoms with Gasteiger partial charge in [-0.25, -0.2) is 4.68 Å². The number of fused-ring (bicyclic) bond motifs is 1. The molecule has 1 aromatic heterocycles. The van der Waals surface area contributed by atoms with Gasteiger partial charge >= 0.3 is 0 Å². The number of aryl methyl sites for hydroxylation is 6.